The molecule has 2 aromatic carbocycles. The van der Waals surface area contributed by atoms with Gasteiger partial charge in [0.1, 0.15) is 5.75 Å². The number of ether oxygens (including phenoxy) is 1. The van der Waals surface area contributed by atoms with E-state index >= 15 is 0 Å². The Hall–Kier alpha value is -2.32. The van der Waals surface area contributed by atoms with Crippen molar-refractivity contribution in [1.82, 2.24) is 0 Å². The molecule has 0 saturated heterocycles. The topological polar surface area (TPSA) is 29.5 Å². The summed E-state index contributed by atoms with van der Waals surface area (Å²) in [7, 11) is 0. The molecule has 0 bridgehead atoms. The van der Waals surface area contributed by atoms with Gasteiger partial charge in [-0.05, 0) is 48.8 Å². The molecule has 0 aliphatic carbocycles. The van der Waals surface area contributed by atoms with Crippen molar-refractivity contribution in [3.05, 3.63) is 71.3 Å². The number of aromatic hydroxyl groups is 1. The van der Waals surface area contributed by atoms with Crippen LogP contribution in [0.25, 0.3) is 16.8 Å². The van der Waals surface area contributed by atoms with Crippen molar-refractivity contribution in [2.45, 2.75) is 45.6 Å². The van der Waals surface area contributed by atoms with Gasteiger partial charge in [-0.2, -0.15) is 0 Å². The number of benzene rings is 2. The summed E-state index contributed by atoms with van der Waals surface area (Å²) in [6.07, 6.45) is 8.82. The molecule has 0 aromatic heterocycles. The van der Waals surface area contributed by atoms with Crippen molar-refractivity contribution < 1.29 is 9.84 Å². The van der Waals surface area contributed by atoms with Gasteiger partial charge in [0.2, 0.25) is 0 Å². The van der Waals surface area contributed by atoms with Gasteiger partial charge in [0.05, 0.1) is 12.7 Å². The highest BCUT2D eigenvalue weighted by Gasteiger charge is 2.20. The van der Waals surface area contributed by atoms with E-state index in [0.717, 1.165) is 42.0 Å². The Morgan fingerprint density at radius 1 is 1.19 bits per heavy atom. The van der Waals surface area contributed by atoms with E-state index in [2.05, 4.69) is 38.6 Å². The molecule has 2 heteroatoms. The number of hydrogen-bond donors (Lipinski definition) is 1. The van der Waals surface area contributed by atoms with Crippen LogP contribution >= 0.6 is 0 Å². The van der Waals surface area contributed by atoms with Crippen LogP contribution in [0, 0.1) is 0 Å². The van der Waals surface area contributed by atoms with Crippen molar-refractivity contribution >= 4 is 16.8 Å². The number of allylic oxidation sites excluding steroid dienone is 1. The third-order valence-corrected chi connectivity index (χ3v) is 5.03. The Balaban J connectivity index is 1.83. The highest BCUT2D eigenvalue weighted by Crippen LogP contribution is 2.31. The third kappa shape index (κ3) is 4.08. The number of rotatable bonds is 7. The van der Waals surface area contributed by atoms with E-state index in [1.807, 2.05) is 24.3 Å². The first-order valence-corrected chi connectivity index (χ1v) is 9.47. The van der Waals surface area contributed by atoms with Gasteiger partial charge < -0.3 is 9.84 Å². The summed E-state index contributed by atoms with van der Waals surface area (Å²) >= 11 is 0. The summed E-state index contributed by atoms with van der Waals surface area (Å²) in [5.74, 6) is 0.338. The molecule has 0 spiro atoms. The van der Waals surface area contributed by atoms with Gasteiger partial charge in [-0.25, -0.2) is 0 Å². The summed E-state index contributed by atoms with van der Waals surface area (Å²) < 4.78 is 5.88. The van der Waals surface area contributed by atoms with Crippen LogP contribution in [0.15, 0.2) is 65.8 Å². The molecule has 1 atom stereocenters. The lowest BCUT2D eigenvalue weighted by Gasteiger charge is -2.16. The smallest absolute Gasteiger partial charge is 0.123 e. The van der Waals surface area contributed by atoms with Crippen LogP contribution in [0.4, 0.5) is 0 Å². The van der Waals surface area contributed by atoms with Crippen LogP contribution < -0.4 is 0 Å². The first-order chi connectivity index (χ1) is 12.6. The Labute approximate surface area is 156 Å². The minimum absolute atomic E-state index is 0.171. The van der Waals surface area contributed by atoms with Gasteiger partial charge in [0.15, 0.2) is 0 Å². The Kier molecular flexibility index (Phi) is 5.95. The highest BCUT2D eigenvalue weighted by atomic mass is 16.5. The second kappa shape index (κ2) is 8.37. The van der Waals surface area contributed by atoms with E-state index < -0.39 is 0 Å². The molecule has 1 aliphatic rings. The maximum Gasteiger partial charge on any atom is 0.123 e. The summed E-state index contributed by atoms with van der Waals surface area (Å²) in [6.45, 7) is 9.04. The standard InChI is InChI=1S/C24H28O2/c1-4-7-18(10-13-24-20(17(2)3)14-15-26-24)16-19-11-12-23(25)22-9-6-5-8-21(19)22/h5-6,8-9,11-12,14,16,24-25H,2,4,7,10,13,15H2,1,3H3/b18-16+. The van der Waals surface area contributed by atoms with Crippen LogP contribution in [0.2, 0.25) is 0 Å². The van der Waals surface area contributed by atoms with E-state index in [0.29, 0.717) is 12.4 Å². The molecule has 1 aliphatic heterocycles. The number of phenolic OH excluding ortho intramolecular Hbond substituents is 1. The predicted octanol–water partition coefficient (Wildman–Crippen LogP) is 6.41. The van der Waals surface area contributed by atoms with Gasteiger partial charge in [-0.3, -0.25) is 0 Å². The lowest BCUT2D eigenvalue weighted by Crippen LogP contribution is -2.11. The Bertz CT molecular complexity index is 858. The summed E-state index contributed by atoms with van der Waals surface area (Å²) in [4.78, 5) is 0. The molecule has 1 heterocycles. The van der Waals surface area contributed by atoms with Crippen molar-refractivity contribution in [3.63, 3.8) is 0 Å². The molecular weight excluding hydrogens is 320 g/mol. The molecular formula is C24H28O2. The number of phenols is 1. The van der Waals surface area contributed by atoms with Crippen LogP contribution in [0.5, 0.6) is 5.75 Å². The van der Waals surface area contributed by atoms with Crippen LogP contribution in [-0.2, 0) is 4.74 Å². The normalized spacial score (nSPS) is 17.5. The maximum absolute atomic E-state index is 10.1. The first-order valence-electron chi connectivity index (χ1n) is 9.47. The van der Waals surface area contributed by atoms with Crippen molar-refractivity contribution in [3.8, 4) is 5.75 Å². The SMILES string of the molecule is C=C(C)C1=CCOC1CC/C(=C/c1ccc(O)c2ccccc12)CCC. The summed E-state index contributed by atoms with van der Waals surface area (Å²) in [5.41, 5.74) is 4.97. The molecule has 0 saturated carbocycles. The molecule has 1 N–H and O–H groups in total. The van der Waals surface area contributed by atoms with E-state index in [9.17, 15) is 5.11 Å². The molecule has 3 rings (SSSR count). The second-order valence-electron chi connectivity index (χ2n) is 7.07. The van der Waals surface area contributed by atoms with E-state index in [1.54, 1.807) is 6.07 Å². The zero-order valence-electron chi connectivity index (χ0n) is 15.8. The van der Waals surface area contributed by atoms with Gasteiger partial charge in [0, 0.05) is 5.39 Å². The molecule has 26 heavy (non-hydrogen) atoms. The lowest BCUT2D eigenvalue weighted by atomic mass is 9.94. The maximum atomic E-state index is 10.1. The molecule has 2 aromatic rings. The fourth-order valence-corrected chi connectivity index (χ4v) is 3.72. The highest BCUT2D eigenvalue weighted by molar-refractivity contribution is 5.94. The lowest BCUT2D eigenvalue weighted by molar-refractivity contribution is 0.116. The van der Waals surface area contributed by atoms with Crippen LogP contribution in [0.3, 0.4) is 0 Å². The van der Waals surface area contributed by atoms with Crippen LogP contribution in [0.1, 0.15) is 45.1 Å². The molecule has 0 radical (unpaired) electrons. The molecule has 1 unspecified atom stereocenters. The van der Waals surface area contributed by atoms with E-state index in [1.165, 1.54) is 16.7 Å². The second-order valence-corrected chi connectivity index (χ2v) is 7.07. The fraction of sp³-hybridized carbons (Fsp3) is 0.333. The summed E-state index contributed by atoms with van der Waals surface area (Å²) in [5, 5.41) is 12.1. The first kappa shape index (κ1) is 18.5. The van der Waals surface area contributed by atoms with Crippen molar-refractivity contribution in [1.29, 1.82) is 0 Å². The number of hydrogen-bond acceptors (Lipinski definition) is 2. The molecule has 136 valence electrons. The molecule has 0 amide bonds. The van der Waals surface area contributed by atoms with E-state index in [4.69, 9.17) is 4.74 Å². The van der Waals surface area contributed by atoms with Gasteiger partial charge in [-0.15, -0.1) is 0 Å². The van der Waals surface area contributed by atoms with Gasteiger partial charge >= 0.3 is 0 Å². The largest absolute Gasteiger partial charge is 0.507 e. The van der Waals surface area contributed by atoms with Crippen molar-refractivity contribution in [2.75, 3.05) is 6.61 Å². The summed E-state index contributed by atoms with van der Waals surface area (Å²) in [6, 6.07) is 11.8. The quantitative estimate of drug-likeness (QED) is 0.626. The average molecular weight is 348 g/mol. The minimum atomic E-state index is 0.171. The van der Waals surface area contributed by atoms with Gasteiger partial charge in [-0.1, -0.05) is 73.6 Å². The Morgan fingerprint density at radius 2 is 1.96 bits per heavy atom. The van der Waals surface area contributed by atoms with E-state index in [-0.39, 0.29) is 6.10 Å². The minimum Gasteiger partial charge on any atom is -0.507 e. The van der Waals surface area contributed by atoms with Crippen LogP contribution in [-0.4, -0.2) is 17.8 Å². The zero-order chi connectivity index (χ0) is 18.5. The zero-order valence-corrected chi connectivity index (χ0v) is 15.8. The fourth-order valence-electron chi connectivity index (χ4n) is 3.72. The average Bonchev–Trinajstić information content (AvgIpc) is 3.11. The monoisotopic (exact) mass is 348 g/mol. The Morgan fingerprint density at radius 3 is 2.69 bits per heavy atom. The van der Waals surface area contributed by atoms with Crippen molar-refractivity contribution in [2.24, 2.45) is 0 Å². The predicted molar refractivity (Wildman–Crippen MR) is 110 cm³/mol. The third-order valence-electron chi connectivity index (χ3n) is 5.03. The molecule has 2 nitrogen and oxygen atoms in total. The number of fused-ring (bicyclic) bond motifs is 1. The molecule has 0 fully saturated rings. The van der Waals surface area contributed by atoms with Gasteiger partial charge in [0.25, 0.3) is 0 Å².